The van der Waals surface area contributed by atoms with Gasteiger partial charge in [0.15, 0.2) is 11.0 Å². The molecule has 3 heterocycles. The Morgan fingerprint density at radius 1 is 1.23 bits per heavy atom. The summed E-state index contributed by atoms with van der Waals surface area (Å²) in [4.78, 5) is 16.5. The van der Waals surface area contributed by atoms with Crippen molar-refractivity contribution < 1.29 is 4.79 Å². The summed E-state index contributed by atoms with van der Waals surface area (Å²) >= 11 is 2.74. The van der Waals surface area contributed by atoms with E-state index in [1.54, 1.807) is 6.20 Å². The van der Waals surface area contributed by atoms with E-state index in [2.05, 4.69) is 37.6 Å². The van der Waals surface area contributed by atoms with Gasteiger partial charge in [-0.2, -0.15) is 0 Å². The number of nitrogens with one attached hydrogen (secondary N) is 1. The highest BCUT2D eigenvalue weighted by Crippen LogP contribution is 2.23. The van der Waals surface area contributed by atoms with Crippen molar-refractivity contribution in [1.29, 1.82) is 0 Å². The Morgan fingerprint density at radius 2 is 2.12 bits per heavy atom. The van der Waals surface area contributed by atoms with Gasteiger partial charge in [-0.25, -0.2) is 0 Å². The van der Waals surface area contributed by atoms with Crippen molar-refractivity contribution in [2.45, 2.75) is 38.4 Å². The number of rotatable bonds is 8. The van der Waals surface area contributed by atoms with Gasteiger partial charge in [0.25, 0.3) is 0 Å². The summed E-state index contributed by atoms with van der Waals surface area (Å²) in [5.41, 5.74) is 0.769. The van der Waals surface area contributed by atoms with Crippen LogP contribution in [0.15, 0.2) is 29.6 Å². The Hall–Kier alpha value is -2.33. The van der Waals surface area contributed by atoms with E-state index < -0.39 is 0 Å². The molecule has 0 aliphatic carbocycles. The van der Waals surface area contributed by atoms with Crippen molar-refractivity contribution in [3.63, 3.8) is 0 Å². The van der Waals surface area contributed by atoms with E-state index in [0.29, 0.717) is 16.1 Å². The van der Waals surface area contributed by atoms with Gasteiger partial charge in [-0.3, -0.25) is 15.1 Å². The van der Waals surface area contributed by atoms with E-state index in [4.69, 9.17) is 0 Å². The first-order valence-electron chi connectivity index (χ1n) is 8.30. The Balaban J connectivity index is 1.67. The van der Waals surface area contributed by atoms with Gasteiger partial charge in [-0.15, -0.1) is 20.4 Å². The van der Waals surface area contributed by atoms with E-state index in [1.807, 2.05) is 29.7 Å². The van der Waals surface area contributed by atoms with Gasteiger partial charge >= 0.3 is 0 Å². The van der Waals surface area contributed by atoms with Crippen molar-refractivity contribution in [3.05, 3.63) is 29.4 Å². The zero-order valence-corrected chi connectivity index (χ0v) is 16.2. The van der Waals surface area contributed by atoms with Crippen LogP contribution in [-0.4, -0.2) is 41.6 Å². The van der Waals surface area contributed by atoms with Crippen molar-refractivity contribution >= 4 is 34.1 Å². The molecule has 0 saturated carbocycles. The standard InChI is InChI=1S/C16H19N7OS2/c1-3-9-23-14(11-7-5-6-8-17-11)20-22-16(23)25-10-12(24)18-15-21-19-13(4-2)26-15/h5-8H,3-4,9-10H2,1-2H3,(H,18,21,24). The minimum absolute atomic E-state index is 0.140. The zero-order valence-electron chi connectivity index (χ0n) is 14.5. The summed E-state index contributed by atoms with van der Waals surface area (Å²) in [5.74, 6) is 0.803. The normalized spacial score (nSPS) is 10.8. The third kappa shape index (κ3) is 4.44. The molecule has 0 unspecified atom stereocenters. The fraction of sp³-hybridized carbons (Fsp3) is 0.375. The van der Waals surface area contributed by atoms with Crippen molar-refractivity contribution in [1.82, 2.24) is 29.9 Å². The molecule has 3 rings (SSSR count). The smallest absolute Gasteiger partial charge is 0.236 e. The maximum absolute atomic E-state index is 12.2. The molecular formula is C16H19N7OS2. The van der Waals surface area contributed by atoms with Crippen LogP contribution < -0.4 is 5.32 Å². The number of carbonyl (C=O) groups excluding carboxylic acids is 1. The number of pyridine rings is 1. The first kappa shape index (κ1) is 18.5. The van der Waals surface area contributed by atoms with Gasteiger partial charge in [-0.1, -0.05) is 43.0 Å². The van der Waals surface area contributed by atoms with Gasteiger partial charge in [0, 0.05) is 12.7 Å². The Labute approximate surface area is 159 Å². The van der Waals surface area contributed by atoms with E-state index >= 15 is 0 Å². The molecule has 0 aliphatic heterocycles. The predicted octanol–water partition coefficient (Wildman–Crippen LogP) is 2.89. The molecule has 1 amide bonds. The first-order valence-corrected chi connectivity index (χ1v) is 10.1. The third-order valence-electron chi connectivity index (χ3n) is 3.41. The molecule has 10 heteroatoms. The second kappa shape index (κ2) is 8.86. The molecule has 0 spiro atoms. The monoisotopic (exact) mass is 389 g/mol. The molecule has 0 atom stereocenters. The number of hydrogen-bond donors (Lipinski definition) is 1. The zero-order chi connectivity index (χ0) is 18.4. The lowest BCUT2D eigenvalue weighted by atomic mass is 10.3. The van der Waals surface area contributed by atoms with Crippen LogP contribution in [0.4, 0.5) is 5.13 Å². The average molecular weight is 390 g/mol. The topological polar surface area (TPSA) is 98.5 Å². The van der Waals surface area contributed by atoms with Gasteiger partial charge in [0.05, 0.1) is 5.75 Å². The molecule has 26 heavy (non-hydrogen) atoms. The van der Waals surface area contributed by atoms with Gasteiger partial charge < -0.3 is 4.57 Å². The Bertz CT molecular complexity index is 863. The van der Waals surface area contributed by atoms with E-state index in [0.717, 1.165) is 30.1 Å². The highest BCUT2D eigenvalue weighted by atomic mass is 32.2. The SMILES string of the molecule is CCCn1c(SCC(=O)Nc2nnc(CC)s2)nnc1-c1ccccn1. The fourth-order valence-electron chi connectivity index (χ4n) is 2.24. The molecular weight excluding hydrogens is 370 g/mol. The molecule has 0 saturated heterocycles. The van der Waals surface area contributed by atoms with Crippen LogP contribution in [0.3, 0.4) is 0 Å². The minimum Gasteiger partial charge on any atom is -0.301 e. The van der Waals surface area contributed by atoms with Crippen LogP contribution >= 0.6 is 23.1 Å². The van der Waals surface area contributed by atoms with Crippen molar-refractivity contribution in [3.8, 4) is 11.5 Å². The summed E-state index contributed by atoms with van der Waals surface area (Å²) < 4.78 is 2.00. The number of amides is 1. The largest absolute Gasteiger partial charge is 0.301 e. The van der Waals surface area contributed by atoms with Crippen LogP contribution in [-0.2, 0) is 17.8 Å². The van der Waals surface area contributed by atoms with Gasteiger partial charge in [0.2, 0.25) is 11.0 Å². The predicted molar refractivity (Wildman–Crippen MR) is 102 cm³/mol. The van der Waals surface area contributed by atoms with E-state index in [1.165, 1.54) is 23.1 Å². The summed E-state index contributed by atoms with van der Waals surface area (Å²) in [6.45, 7) is 4.85. The lowest BCUT2D eigenvalue weighted by molar-refractivity contribution is -0.113. The molecule has 3 aromatic rings. The summed E-state index contributed by atoms with van der Waals surface area (Å²) in [6, 6.07) is 5.68. The quantitative estimate of drug-likeness (QED) is 0.591. The molecule has 0 radical (unpaired) electrons. The van der Waals surface area contributed by atoms with Crippen molar-refractivity contribution in [2.24, 2.45) is 0 Å². The summed E-state index contributed by atoms with van der Waals surface area (Å²) in [7, 11) is 0. The first-order chi connectivity index (χ1) is 12.7. The average Bonchev–Trinajstić information content (AvgIpc) is 3.28. The highest BCUT2D eigenvalue weighted by molar-refractivity contribution is 7.99. The maximum atomic E-state index is 12.2. The fourth-order valence-corrected chi connectivity index (χ4v) is 3.70. The number of thioether (sulfide) groups is 1. The Kier molecular flexibility index (Phi) is 6.29. The number of aromatic nitrogens is 6. The van der Waals surface area contributed by atoms with Crippen LogP contribution in [0.1, 0.15) is 25.3 Å². The van der Waals surface area contributed by atoms with Crippen LogP contribution in [0.5, 0.6) is 0 Å². The number of nitrogens with zero attached hydrogens (tertiary/aromatic N) is 6. The number of hydrogen-bond acceptors (Lipinski definition) is 8. The summed E-state index contributed by atoms with van der Waals surface area (Å²) in [6.07, 6.45) is 3.47. The summed E-state index contributed by atoms with van der Waals surface area (Å²) in [5, 5.41) is 21.3. The van der Waals surface area contributed by atoms with E-state index in [9.17, 15) is 4.79 Å². The number of aryl methyl sites for hydroxylation is 1. The van der Waals surface area contributed by atoms with Crippen molar-refractivity contribution in [2.75, 3.05) is 11.1 Å². The van der Waals surface area contributed by atoms with Gasteiger partial charge in [0.1, 0.15) is 10.7 Å². The van der Waals surface area contributed by atoms with Crippen LogP contribution in [0.25, 0.3) is 11.5 Å². The minimum atomic E-state index is -0.140. The number of carbonyl (C=O) groups is 1. The lowest BCUT2D eigenvalue weighted by Crippen LogP contribution is -2.14. The second-order valence-corrected chi connectivity index (χ2v) is 7.37. The molecule has 0 aromatic carbocycles. The van der Waals surface area contributed by atoms with Gasteiger partial charge in [-0.05, 0) is 25.0 Å². The molecule has 3 aromatic heterocycles. The molecule has 8 nitrogen and oxygen atoms in total. The van der Waals surface area contributed by atoms with Crippen LogP contribution in [0, 0.1) is 0 Å². The molecule has 0 bridgehead atoms. The molecule has 0 fully saturated rings. The molecule has 0 aliphatic rings. The van der Waals surface area contributed by atoms with Crippen LogP contribution in [0.2, 0.25) is 0 Å². The lowest BCUT2D eigenvalue weighted by Gasteiger charge is -2.08. The Morgan fingerprint density at radius 3 is 2.81 bits per heavy atom. The maximum Gasteiger partial charge on any atom is 0.236 e. The second-order valence-electron chi connectivity index (χ2n) is 5.36. The molecule has 1 N–H and O–H groups in total. The third-order valence-corrected chi connectivity index (χ3v) is 5.36. The highest BCUT2D eigenvalue weighted by Gasteiger charge is 2.16. The number of anilines is 1. The molecule has 136 valence electrons. The van der Waals surface area contributed by atoms with E-state index in [-0.39, 0.29) is 11.7 Å².